The van der Waals surface area contributed by atoms with E-state index in [1.807, 2.05) is 6.07 Å². The Hall–Kier alpha value is -2.27. The van der Waals surface area contributed by atoms with E-state index in [0.29, 0.717) is 31.7 Å². The molecule has 0 spiro atoms. The fourth-order valence-corrected chi connectivity index (χ4v) is 6.33. The first kappa shape index (κ1) is 22.5. The van der Waals surface area contributed by atoms with Crippen LogP contribution in [0.1, 0.15) is 68.4 Å². The van der Waals surface area contributed by atoms with Crippen LogP contribution in [-0.2, 0) is 11.2 Å². The number of Topliss-reactive ketones (excluding diaryl/α,β-unsaturated/α-hetero) is 1. The summed E-state index contributed by atoms with van der Waals surface area (Å²) in [4.78, 5) is 16.2. The number of carbonyl (C=O) groups excluding carboxylic acids is 1. The number of likely N-dealkylation sites (tertiary alicyclic amines) is 1. The molecule has 1 aliphatic carbocycles. The van der Waals surface area contributed by atoms with E-state index in [1.54, 1.807) is 0 Å². The molecule has 0 amide bonds. The summed E-state index contributed by atoms with van der Waals surface area (Å²) in [5, 5.41) is 3.69. The van der Waals surface area contributed by atoms with Crippen molar-refractivity contribution in [3.8, 4) is 0 Å². The number of ketones is 1. The number of rotatable bonds is 5. The summed E-state index contributed by atoms with van der Waals surface area (Å²) in [5.74, 6) is -0.512. The summed E-state index contributed by atoms with van der Waals surface area (Å²) in [6, 6.07) is 12.4. The Bertz CT molecular complexity index is 959. The van der Waals surface area contributed by atoms with Crippen LogP contribution < -0.4 is 5.32 Å². The SMILES string of the molecule is O=C(C1CCCCC1)C(C1CCc2ccccc2N1)N1CCC(c2c(F)cccc2F)CC1. The van der Waals surface area contributed by atoms with E-state index < -0.39 is 11.6 Å². The number of nitrogens with zero attached hydrogens (tertiary/aromatic N) is 1. The normalized spacial score (nSPS) is 23.5. The molecule has 1 N–H and O–H groups in total. The van der Waals surface area contributed by atoms with Crippen LogP contribution in [0.5, 0.6) is 0 Å². The topological polar surface area (TPSA) is 32.3 Å². The molecule has 5 rings (SSSR count). The molecule has 2 fully saturated rings. The molecule has 0 bridgehead atoms. The molecule has 0 radical (unpaired) electrons. The Labute approximate surface area is 195 Å². The number of carbonyl (C=O) groups is 1. The van der Waals surface area contributed by atoms with Gasteiger partial charge in [0, 0.05) is 23.2 Å². The maximum atomic E-state index is 14.4. The number of hydrogen-bond donors (Lipinski definition) is 1. The zero-order valence-corrected chi connectivity index (χ0v) is 19.2. The minimum absolute atomic E-state index is 0.0797. The number of para-hydroxylation sites is 1. The van der Waals surface area contributed by atoms with E-state index >= 15 is 0 Å². The van der Waals surface area contributed by atoms with E-state index in [-0.39, 0.29) is 29.5 Å². The van der Waals surface area contributed by atoms with Crippen molar-refractivity contribution in [1.82, 2.24) is 4.90 Å². The summed E-state index contributed by atoms with van der Waals surface area (Å²) in [5.41, 5.74) is 2.67. The number of halogens is 2. The highest BCUT2D eigenvalue weighted by atomic mass is 19.1. The molecule has 3 nitrogen and oxygen atoms in total. The Morgan fingerprint density at radius 2 is 1.58 bits per heavy atom. The van der Waals surface area contributed by atoms with Crippen molar-refractivity contribution in [3.63, 3.8) is 0 Å². The lowest BCUT2D eigenvalue weighted by Gasteiger charge is -2.43. The third kappa shape index (κ3) is 4.70. The molecule has 2 aliphatic heterocycles. The van der Waals surface area contributed by atoms with E-state index in [0.717, 1.165) is 44.2 Å². The standard InChI is InChI=1S/C28H34F2N2O/c29-22-10-6-11-23(30)26(22)20-15-17-32(18-16-20)27(28(33)21-8-2-1-3-9-21)25-14-13-19-7-4-5-12-24(19)31-25/h4-7,10-12,20-21,25,27,31H,1-3,8-9,13-18H2. The van der Waals surface area contributed by atoms with E-state index in [4.69, 9.17) is 0 Å². The number of fused-ring (bicyclic) bond motifs is 1. The Kier molecular flexibility index (Phi) is 6.77. The number of aryl methyl sites for hydroxylation is 1. The first-order chi connectivity index (χ1) is 16.1. The van der Waals surface area contributed by atoms with Gasteiger partial charge >= 0.3 is 0 Å². The lowest BCUT2D eigenvalue weighted by Crippen LogP contribution is -2.56. The quantitative estimate of drug-likeness (QED) is 0.596. The van der Waals surface area contributed by atoms with Crippen LogP contribution in [0.3, 0.4) is 0 Å². The van der Waals surface area contributed by atoms with Crippen LogP contribution in [0.15, 0.2) is 42.5 Å². The smallest absolute Gasteiger partial charge is 0.155 e. The largest absolute Gasteiger partial charge is 0.380 e. The highest BCUT2D eigenvalue weighted by Crippen LogP contribution is 2.36. The second-order valence-electron chi connectivity index (χ2n) is 10.1. The first-order valence-electron chi connectivity index (χ1n) is 12.7. The molecule has 0 aromatic heterocycles. The molecule has 5 heteroatoms. The predicted octanol–water partition coefficient (Wildman–Crippen LogP) is 6.09. The van der Waals surface area contributed by atoms with Gasteiger partial charge in [0.25, 0.3) is 0 Å². The van der Waals surface area contributed by atoms with E-state index in [2.05, 4.69) is 28.4 Å². The molecule has 1 saturated carbocycles. The Balaban J connectivity index is 1.35. The first-order valence-corrected chi connectivity index (χ1v) is 12.7. The average Bonchev–Trinajstić information content (AvgIpc) is 2.85. The summed E-state index contributed by atoms with van der Waals surface area (Å²) in [6.07, 6.45) is 8.75. The minimum atomic E-state index is -0.450. The van der Waals surface area contributed by atoms with E-state index in [1.165, 1.54) is 30.2 Å². The van der Waals surface area contributed by atoms with Crippen molar-refractivity contribution in [2.75, 3.05) is 18.4 Å². The third-order valence-electron chi connectivity index (χ3n) is 8.09. The summed E-state index contributed by atoms with van der Waals surface area (Å²) in [7, 11) is 0. The van der Waals surface area contributed by atoms with Crippen LogP contribution >= 0.6 is 0 Å². The molecule has 2 atom stereocenters. The molecule has 2 heterocycles. The Morgan fingerprint density at radius 3 is 2.30 bits per heavy atom. The fraction of sp³-hybridized carbons (Fsp3) is 0.536. The van der Waals surface area contributed by atoms with Gasteiger partial charge in [-0.25, -0.2) is 8.78 Å². The highest BCUT2D eigenvalue weighted by Gasteiger charge is 2.40. The van der Waals surface area contributed by atoms with Gasteiger partial charge in [0.05, 0.1) is 6.04 Å². The maximum absolute atomic E-state index is 14.4. The average molecular weight is 453 g/mol. The van der Waals surface area contributed by atoms with Crippen LogP contribution in [0, 0.1) is 17.6 Å². The number of nitrogens with one attached hydrogen (secondary N) is 1. The van der Waals surface area contributed by atoms with E-state index in [9.17, 15) is 13.6 Å². The van der Waals surface area contributed by atoms with Gasteiger partial charge in [0.1, 0.15) is 11.6 Å². The van der Waals surface area contributed by atoms with Crippen molar-refractivity contribution in [2.24, 2.45) is 5.92 Å². The summed E-state index contributed by atoms with van der Waals surface area (Å²) >= 11 is 0. The molecular weight excluding hydrogens is 418 g/mol. The van der Waals surface area contributed by atoms with Crippen molar-refractivity contribution in [3.05, 3.63) is 65.2 Å². The zero-order chi connectivity index (χ0) is 22.8. The maximum Gasteiger partial charge on any atom is 0.155 e. The number of hydrogen-bond acceptors (Lipinski definition) is 3. The van der Waals surface area contributed by atoms with Crippen LogP contribution in [0.2, 0.25) is 0 Å². The molecule has 33 heavy (non-hydrogen) atoms. The fourth-order valence-electron chi connectivity index (χ4n) is 6.33. The van der Waals surface area contributed by atoms with Gasteiger partial charge < -0.3 is 5.32 Å². The summed E-state index contributed by atoms with van der Waals surface area (Å²) < 4.78 is 28.8. The minimum Gasteiger partial charge on any atom is -0.380 e. The molecular formula is C28H34F2N2O. The van der Waals surface area contributed by atoms with Gasteiger partial charge in [-0.2, -0.15) is 0 Å². The second-order valence-corrected chi connectivity index (χ2v) is 10.1. The zero-order valence-electron chi connectivity index (χ0n) is 19.2. The molecule has 3 aliphatic rings. The van der Waals surface area contributed by atoms with Crippen LogP contribution in [-0.4, -0.2) is 35.9 Å². The highest BCUT2D eigenvalue weighted by molar-refractivity contribution is 5.88. The van der Waals surface area contributed by atoms with Gasteiger partial charge in [-0.05, 0) is 81.3 Å². The monoisotopic (exact) mass is 452 g/mol. The van der Waals surface area contributed by atoms with Gasteiger partial charge in [0.2, 0.25) is 0 Å². The lowest BCUT2D eigenvalue weighted by molar-refractivity contribution is -0.130. The van der Waals surface area contributed by atoms with Crippen molar-refractivity contribution < 1.29 is 13.6 Å². The second kappa shape index (κ2) is 9.92. The Morgan fingerprint density at radius 1 is 0.879 bits per heavy atom. The van der Waals surface area contributed by atoms with Crippen molar-refractivity contribution in [2.45, 2.75) is 75.8 Å². The van der Waals surface area contributed by atoms with Crippen LogP contribution in [0.25, 0.3) is 0 Å². The van der Waals surface area contributed by atoms with Crippen LogP contribution in [0.4, 0.5) is 14.5 Å². The molecule has 176 valence electrons. The lowest BCUT2D eigenvalue weighted by atomic mass is 9.79. The number of piperidine rings is 1. The van der Waals surface area contributed by atoms with Crippen molar-refractivity contribution in [1.29, 1.82) is 0 Å². The van der Waals surface area contributed by atoms with Gasteiger partial charge in [-0.3, -0.25) is 9.69 Å². The summed E-state index contributed by atoms with van der Waals surface area (Å²) in [6.45, 7) is 1.39. The van der Waals surface area contributed by atoms with Crippen molar-refractivity contribution >= 4 is 11.5 Å². The number of anilines is 1. The van der Waals surface area contributed by atoms with Gasteiger partial charge in [0.15, 0.2) is 5.78 Å². The van der Waals surface area contributed by atoms with Gasteiger partial charge in [-0.1, -0.05) is 43.5 Å². The predicted molar refractivity (Wildman–Crippen MR) is 127 cm³/mol. The molecule has 1 saturated heterocycles. The molecule has 2 unspecified atom stereocenters. The third-order valence-corrected chi connectivity index (χ3v) is 8.09. The molecule has 2 aromatic rings. The number of benzene rings is 2. The molecule has 2 aromatic carbocycles. The van der Waals surface area contributed by atoms with Gasteiger partial charge in [-0.15, -0.1) is 0 Å².